The van der Waals surface area contributed by atoms with Crippen LogP contribution in [0.15, 0.2) is 66.9 Å². The highest BCUT2D eigenvalue weighted by Gasteiger charge is 2.10. The molecule has 28 heavy (non-hydrogen) atoms. The molecule has 0 saturated carbocycles. The first-order chi connectivity index (χ1) is 13.6. The Morgan fingerprint density at radius 3 is 2.32 bits per heavy atom. The van der Waals surface area contributed by atoms with E-state index in [1.165, 1.54) is 13.1 Å². The number of aromatic nitrogens is 1. The number of carbonyl (C=O) groups is 2. The predicted molar refractivity (Wildman–Crippen MR) is 110 cm³/mol. The van der Waals surface area contributed by atoms with Gasteiger partial charge in [0.2, 0.25) is 0 Å². The first kappa shape index (κ1) is 19.1. The van der Waals surface area contributed by atoms with Crippen molar-refractivity contribution in [1.29, 1.82) is 0 Å². The first-order valence-electron chi connectivity index (χ1n) is 8.94. The molecule has 0 aliphatic heterocycles. The zero-order valence-electron chi connectivity index (χ0n) is 15.7. The van der Waals surface area contributed by atoms with Crippen molar-refractivity contribution in [2.45, 2.75) is 13.8 Å². The molecule has 3 aromatic rings. The van der Waals surface area contributed by atoms with Gasteiger partial charge in [-0.15, -0.1) is 0 Å². The van der Waals surface area contributed by atoms with Gasteiger partial charge in [0.15, 0.2) is 5.78 Å². The van der Waals surface area contributed by atoms with Crippen LogP contribution in [-0.4, -0.2) is 23.3 Å². The maximum absolute atomic E-state index is 12.5. The van der Waals surface area contributed by atoms with Gasteiger partial charge >= 0.3 is 0 Å². The summed E-state index contributed by atoms with van der Waals surface area (Å²) in [4.78, 5) is 28.1. The third-order valence-corrected chi connectivity index (χ3v) is 4.02. The maximum Gasteiger partial charge on any atom is 0.257 e. The van der Waals surface area contributed by atoms with E-state index >= 15 is 0 Å². The molecule has 0 radical (unpaired) electrons. The molecule has 1 aromatic heterocycles. The van der Waals surface area contributed by atoms with Crippen molar-refractivity contribution in [3.05, 3.63) is 78.0 Å². The molecule has 0 bridgehead atoms. The fraction of sp³-hybridized carbons (Fsp3) is 0.136. The number of anilines is 3. The predicted octanol–water partition coefficient (Wildman–Crippen LogP) is 4.68. The summed E-state index contributed by atoms with van der Waals surface area (Å²) < 4.78 is 5.52. The van der Waals surface area contributed by atoms with E-state index in [2.05, 4.69) is 15.6 Å². The van der Waals surface area contributed by atoms with E-state index in [1.807, 2.05) is 37.3 Å². The summed E-state index contributed by atoms with van der Waals surface area (Å²) >= 11 is 0. The SMILES string of the molecule is CCOc1ccccc1NC(=O)c1ccc(Nc2ccc(C(C)=O)cc2)nc1. The number of amides is 1. The summed E-state index contributed by atoms with van der Waals surface area (Å²) in [6, 6.07) is 17.8. The second kappa shape index (κ2) is 8.81. The Morgan fingerprint density at radius 2 is 1.68 bits per heavy atom. The van der Waals surface area contributed by atoms with Crippen molar-refractivity contribution in [2.24, 2.45) is 0 Å². The lowest BCUT2D eigenvalue weighted by atomic mass is 10.1. The van der Waals surface area contributed by atoms with E-state index in [0.717, 1.165) is 5.69 Å². The van der Waals surface area contributed by atoms with Crippen molar-refractivity contribution >= 4 is 28.9 Å². The van der Waals surface area contributed by atoms with Gasteiger partial charge in [-0.05, 0) is 62.4 Å². The molecule has 0 aliphatic rings. The molecule has 0 saturated heterocycles. The van der Waals surface area contributed by atoms with Crippen LogP contribution in [0.25, 0.3) is 0 Å². The smallest absolute Gasteiger partial charge is 0.257 e. The van der Waals surface area contributed by atoms with E-state index < -0.39 is 0 Å². The maximum atomic E-state index is 12.5. The average molecular weight is 375 g/mol. The molecule has 2 N–H and O–H groups in total. The quantitative estimate of drug-likeness (QED) is 0.586. The van der Waals surface area contributed by atoms with Gasteiger partial charge in [0, 0.05) is 17.4 Å². The number of pyridine rings is 1. The number of nitrogens with one attached hydrogen (secondary N) is 2. The molecule has 0 aliphatic carbocycles. The van der Waals surface area contributed by atoms with Crippen LogP contribution in [-0.2, 0) is 0 Å². The van der Waals surface area contributed by atoms with Crippen LogP contribution in [0.4, 0.5) is 17.2 Å². The topological polar surface area (TPSA) is 80.3 Å². The Hall–Kier alpha value is -3.67. The molecule has 0 atom stereocenters. The van der Waals surface area contributed by atoms with Gasteiger partial charge in [-0.2, -0.15) is 0 Å². The Bertz CT molecular complexity index is 967. The summed E-state index contributed by atoms with van der Waals surface area (Å²) in [5.74, 6) is 0.975. The highest BCUT2D eigenvalue weighted by atomic mass is 16.5. The fourth-order valence-electron chi connectivity index (χ4n) is 2.58. The zero-order chi connectivity index (χ0) is 19.9. The molecule has 2 aromatic carbocycles. The molecule has 6 nitrogen and oxygen atoms in total. The molecule has 1 amide bonds. The molecular formula is C22H21N3O3. The van der Waals surface area contributed by atoms with Crippen molar-refractivity contribution in [3.63, 3.8) is 0 Å². The van der Waals surface area contributed by atoms with E-state index in [4.69, 9.17) is 4.74 Å². The minimum absolute atomic E-state index is 0.0194. The molecule has 0 spiro atoms. The Labute approximate surface area is 163 Å². The third kappa shape index (κ3) is 4.73. The number of benzene rings is 2. The summed E-state index contributed by atoms with van der Waals surface area (Å²) in [5, 5.41) is 5.98. The number of ketones is 1. The standard InChI is InChI=1S/C22H21N3O3/c1-3-28-20-7-5-4-6-19(20)25-22(27)17-10-13-21(23-14-17)24-18-11-8-16(9-12-18)15(2)26/h4-14H,3H2,1-2H3,(H,23,24)(H,25,27). The lowest BCUT2D eigenvalue weighted by Crippen LogP contribution is -2.13. The van der Waals surface area contributed by atoms with Gasteiger partial charge < -0.3 is 15.4 Å². The second-order valence-corrected chi connectivity index (χ2v) is 6.07. The highest BCUT2D eigenvalue weighted by Crippen LogP contribution is 2.24. The number of rotatable bonds is 7. The monoisotopic (exact) mass is 375 g/mol. The van der Waals surface area contributed by atoms with Gasteiger partial charge in [-0.25, -0.2) is 4.98 Å². The summed E-state index contributed by atoms with van der Waals surface area (Å²) in [7, 11) is 0. The largest absolute Gasteiger partial charge is 0.492 e. The molecule has 0 unspecified atom stereocenters. The third-order valence-electron chi connectivity index (χ3n) is 4.02. The minimum Gasteiger partial charge on any atom is -0.492 e. The van der Waals surface area contributed by atoms with Crippen LogP contribution in [0.1, 0.15) is 34.6 Å². The molecule has 3 rings (SSSR count). The van der Waals surface area contributed by atoms with Crippen LogP contribution in [0.3, 0.4) is 0 Å². The van der Waals surface area contributed by atoms with Gasteiger partial charge in [0.1, 0.15) is 11.6 Å². The average Bonchev–Trinajstić information content (AvgIpc) is 2.70. The molecule has 0 fully saturated rings. The Kier molecular flexibility index (Phi) is 6.01. The number of nitrogens with zero attached hydrogens (tertiary/aromatic N) is 1. The Balaban J connectivity index is 1.67. The lowest BCUT2D eigenvalue weighted by molar-refractivity contribution is 0.101. The van der Waals surface area contributed by atoms with Crippen molar-refractivity contribution in [3.8, 4) is 5.75 Å². The van der Waals surface area contributed by atoms with Crippen molar-refractivity contribution < 1.29 is 14.3 Å². The van der Waals surface area contributed by atoms with Crippen molar-refractivity contribution in [2.75, 3.05) is 17.2 Å². The number of ether oxygens (including phenoxy) is 1. The summed E-state index contributed by atoms with van der Waals surface area (Å²) in [5.41, 5.74) is 2.50. The fourth-order valence-corrected chi connectivity index (χ4v) is 2.58. The Morgan fingerprint density at radius 1 is 0.964 bits per heavy atom. The van der Waals surface area contributed by atoms with Crippen LogP contribution >= 0.6 is 0 Å². The number of carbonyl (C=O) groups excluding carboxylic acids is 2. The van der Waals surface area contributed by atoms with E-state index in [-0.39, 0.29) is 11.7 Å². The second-order valence-electron chi connectivity index (χ2n) is 6.07. The number of hydrogen-bond donors (Lipinski definition) is 2. The van der Waals surface area contributed by atoms with Crippen LogP contribution in [0, 0.1) is 0 Å². The molecule has 1 heterocycles. The van der Waals surface area contributed by atoms with E-state index in [0.29, 0.717) is 35.0 Å². The molecular weight excluding hydrogens is 354 g/mol. The number of para-hydroxylation sites is 2. The molecule has 142 valence electrons. The minimum atomic E-state index is -0.267. The number of hydrogen-bond acceptors (Lipinski definition) is 5. The van der Waals surface area contributed by atoms with Crippen LogP contribution in [0.5, 0.6) is 5.75 Å². The van der Waals surface area contributed by atoms with Crippen molar-refractivity contribution in [1.82, 2.24) is 4.98 Å². The van der Waals surface area contributed by atoms with Crippen LogP contribution in [0.2, 0.25) is 0 Å². The lowest BCUT2D eigenvalue weighted by Gasteiger charge is -2.11. The van der Waals surface area contributed by atoms with Gasteiger partial charge in [-0.1, -0.05) is 12.1 Å². The highest BCUT2D eigenvalue weighted by molar-refractivity contribution is 6.05. The van der Waals surface area contributed by atoms with Gasteiger partial charge in [0.25, 0.3) is 5.91 Å². The first-order valence-corrected chi connectivity index (χ1v) is 8.94. The van der Waals surface area contributed by atoms with Gasteiger partial charge in [-0.3, -0.25) is 9.59 Å². The summed E-state index contributed by atoms with van der Waals surface area (Å²) in [6.07, 6.45) is 1.50. The van der Waals surface area contributed by atoms with Crippen LogP contribution < -0.4 is 15.4 Å². The van der Waals surface area contributed by atoms with Gasteiger partial charge in [0.05, 0.1) is 17.9 Å². The number of Topliss-reactive ketones (excluding diaryl/α,β-unsaturated/α-hetero) is 1. The zero-order valence-corrected chi connectivity index (χ0v) is 15.7. The molecule has 6 heteroatoms. The van der Waals surface area contributed by atoms with E-state index in [9.17, 15) is 9.59 Å². The van der Waals surface area contributed by atoms with E-state index in [1.54, 1.807) is 30.3 Å². The summed E-state index contributed by atoms with van der Waals surface area (Å²) in [6.45, 7) is 3.94. The normalized spacial score (nSPS) is 10.2.